The zero-order chi connectivity index (χ0) is 19.5. The van der Waals surface area contributed by atoms with Crippen molar-refractivity contribution in [2.24, 2.45) is 0 Å². The number of hydrogen-bond donors (Lipinski definition) is 1. The van der Waals surface area contributed by atoms with Crippen molar-refractivity contribution in [3.63, 3.8) is 0 Å². The number of hydroxylamine groups is 1. The number of benzene rings is 1. The zero-order valence-electron chi connectivity index (χ0n) is 14.8. The summed E-state index contributed by atoms with van der Waals surface area (Å²) < 4.78 is 11.7. The Morgan fingerprint density at radius 2 is 1.96 bits per heavy atom. The number of hydrogen-bond acceptors (Lipinski definition) is 6. The summed E-state index contributed by atoms with van der Waals surface area (Å²) in [7, 11) is 1.44. The van der Waals surface area contributed by atoms with Crippen LogP contribution in [0.3, 0.4) is 0 Å². The van der Waals surface area contributed by atoms with E-state index in [0.29, 0.717) is 17.2 Å². The van der Waals surface area contributed by atoms with Crippen LogP contribution in [0.1, 0.15) is 20.3 Å². The van der Waals surface area contributed by atoms with Gasteiger partial charge in [-0.05, 0) is 54.1 Å². The molecular formula is C18H21BrClNO5. The van der Waals surface area contributed by atoms with Crippen LogP contribution in [0, 0.1) is 0 Å². The Hall–Kier alpha value is -1.83. The van der Waals surface area contributed by atoms with Gasteiger partial charge in [-0.25, -0.2) is 9.59 Å². The molecule has 0 radical (unpaired) electrons. The fourth-order valence-electron chi connectivity index (χ4n) is 1.87. The first-order chi connectivity index (χ1) is 12.3. The molecule has 1 atom stereocenters. The largest absolute Gasteiger partial charge is 0.486 e. The molecule has 0 aromatic heterocycles. The standard InChI is InChI=1S/C18H21BrClNO5/c1-12(2)10-14(25-13-4-5-15(19)16(20)11-13)8-9-24-17(22)6-7-18(23)26-21-3/h4-7,10-11,14,21H,8-9H2,1-3H3/b7-6+. The van der Waals surface area contributed by atoms with Crippen molar-refractivity contribution in [1.82, 2.24) is 5.48 Å². The van der Waals surface area contributed by atoms with Gasteiger partial charge in [0.1, 0.15) is 11.9 Å². The fraction of sp³-hybridized carbons (Fsp3) is 0.333. The Kier molecular flexibility index (Phi) is 10.0. The Labute approximate surface area is 166 Å². The summed E-state index contributed by atoms with van der Waals surface area (Å²) in [4.78, 5) is 27.1. The lowest BCUT2D eigenvalue weighted by molar-refractivity contribution is -0.144. The highest BCUT2D eigenvalue weighted by Crippen LogP contribution is 2.27. The van der Waals surface area contributed by atoms with E-state index in [1.165, 1.54) is 7.05 Å². The number of carbonyl (C=O) groups excluding carboxylic acids is 2. The van der Waals surface area contributed by atoms with Crippen LogP contribution in [-0.2, 0) is 19.2 Å². The van der Waals surface area contributed by atoms with Crippen molar-refractivity contribution in [3.05, 3.63) is 51.5 Å². The molecular weight excluding hydrogens is 426 g/mol. The molecule has 0 amide bonds. The Balaban J connectivity index is 2.57. The van der Waals surface area contributed by atoms with Crippen LogP contribution in [0.25, 0.3) is 0 Å². The normalized spacial score (nSPS) is 11.7. The van der Waals surface area contributed by atoms with Gasteiger partial charge in [-0.2, -0.15) is 5.48 Å². The number of nitrogens with one attached hydrogen (secondary N) is 1. The molecule has 0 bridgehead atoms. The molecule has 1 aromatic rings. The summed E-state index contributed by atoms with van der Waals surface area (Å²) in [5, 5.41) is 0.545. The van der Waals surface area contributed by atoms with Gasteiger partial charge < -0.3 is 14.3 Å². The molecule has 8 heteroatoms. The first kappa shape index (κ1) is 22.2. The van der Waals surface area contributed by atoms with Gasteiger partial charge in [-0.15, -0.1) is 0 Å². The van der Waals surface area contributed by atoms with Crippen LogP contribution in [0.2, 0.25) is 5.02 Å². The van der Waals surface area contributed by atoms with Crippen LogP contribution in [0.4, 0.5) is 0 Å². The van der Waals surface area contributed by atoms with E-state index in [2.05, 4.69) is 26.2 Å². The van der Waals surface area contributed by atoms with E-state index in [1.807, 2.05) is 19.9 Å². The molecule has 26 heavy (non-hydrogen) atoms. The number of esters is 1. The molecule has 0 aliphatic rings. The Morgan fingerprint density at radius 3 is 2.58 bits per heavy atom. The maximum atomic E-state index is 11.6. The smallest absolute Gasteiger partial charge is 0.349 e. The minimum atomic E-state index is -0.692. The highest BCUT2D eigenvalue weighted by Gasteiger charge is 2.11. The number of halogens is 2. The predicted molar refractivity (Wildman–Crippen MR) is 103 cm³/mol. The minimum absolute atomic E-state index is 0.128. The quantitative estimate of drug-likeness (QED) is 0.268. The molecule has 0 saturated carbocycles. The minimum Gasteiger partial charge on any atom is -0.486 e. The molecule has 1 rings (SSSR count). The lowest BCUT2D eigenvalue weighted by Crippen LogP contribution is -2.18. The fourth-order valence-corrected chi connectivity index (χ4v) is 2.28. The average Bonchev–Trinajstić information content (AvgIpc) is 2.56. The summed E-state index contributed by atoms with van der Waals surface area (Å²) in [6.07, 6.45) is 4.07. The average molecular weight is 447 g/mol. The zero-order valence-corrected chi connectivity index (χ0v) is 17.1. The molecule has 6 nitrogen and oxygen atoms in total. The van der Waals surface area contributed by atoms with Crippen LogP contribution in [0.5, 0.6) is 5.75 Å². The van der Waals surface area contributed by atoms with Crippen molar-refractivity contribution < 1.29 is 23.9 Å². The van der Waals surface area contributed by atoms with Crippen LogP contribution >= 0.6 is 27.5 Å². The van der Waals surface area contributed by atoms with E-state index in [1.54, 1.807) is 18.2 Å². The van der Waals surface area contributed by atoms with Gasteiger partial charge in [0.2, 0.25) is 0 Å². The van der Waals surface area contributed by atoms with E-state index in [-0.39, 0.29) is 12.7 Å². The van der Waals surface area contributed by atoms with Gasteiger partial charge in [0.25, 0.3) is 0 Å². The molecule has 0 aliphatic heterocycles. The lowest BCUT2D eigenvalue weighted by atomic mass is 10.2. The molecule has 0 fully saturated rings. The topological polar surface area (TPSA) is 73.9 Å². The van der Waals surface area contributed by atoms with E-state index < -0.39 is 11.9 Å². The van der Waals surface area contributed by atoms with E-state index in [4.69, 9.17) is 21.1 Å². The lowest BCUT2D eigenvalue weighted by Gasteiger charge is -2.17. The molecule has 1 aromatic carbocycles. The van der Waals surface area contributed by atoms with Gasteiger partial charge in [-0.1, -0.05) is 17.2 Å². The van der Waals surface area contributed by atoms with Gasteiger partial charge in [0, 0.05) is 30.1 Å². The second-order valence-electron chi connectivity index (χ2n) is 5.39. The molecule has 142 valence electrons. The highest BCUT2D eigenvalue weighted by molar-refractivity contribution is 9.10. The van der Waals surface area contributed by atoms with Gasteiger partial charge in [0.05, 0.1) is 11.6 Å². The summed E-state index contributed by atoms with van der Waals surface area (Å²) in [5.74, 6) is -0.718. The first-order valence-electron chi connectivity index (χ1n) is 7.81. The molecule has 0 saturated heterocycles. The predicted octanol–water partition coefficient (Wildman–Crippen LogP) is 3.98. The third kappa shape index (κ3) is 9.03. The molecule has 1 N–H and O–H groups in total. The Bertz CT molecular complexity index is 686. The van der Waals surface area contributed by atoms with Gasteiger partial charge in [-0.3, -0.25) is 0 Å². The van der Waals surface area contributed by atoms with Crippen LogP contribution in [0.15, 0.2) is 46.5 Å². The van der Waals surface area contributed by atoms with Crippen LogP contribution < -0.4 is 10.2 Å². The third-order valence-electron chi connectivity index (χ3n) is 2.90. The molecule has 0 aliphatic carbocycles. The number of carbonyl (C=O) groups is 2. The first-order valence-corrected chi connectivity index (χ1v) is 8.98. The summed E-state index contributed by atoms with van der Waals surface area (Å²) in [6, 6.07) is 5.30. The van der Waals surface area contributed by atoms with Crippen molar-refractivity contribution in [2.45, 2.75) is 26.4 Å². The SMILES string of the molecule is CNOC(=O)/C=C/C(=O)OCCC(C=C(C)C)Oc1ccc(Br)c(Cl)c1. The van der Waals surface area contributed by atoms with E-state index in [0.717, 1.165) is 22.2 Å². The number of allylic oxidation sites excluding steroid dienone is 1. The highest BCUT2D eigenvalue weighted by atomic mass is 79.9. The van der Waals surface area contributed by atoms with Crippen molar-refractivity contribution in [2.75, 3.05) is 13.7 Å². The van der Waals surface area contributed by atoms with Crippen LogP contribution in [-0.4, -0.2) is 31.7 Å². The second-order valence-corrected chi connectivity index (χ2v) is 6.65. The summed E-state index contributed by atoms with van der Waals surface area (Å²) >= 11 is 9.40. The van der Waals surface area contributed by atoms with Crippen molar-refractivity contribution >= 4 is 39.5 Å². The molecule has 0 spiro atoms. The van der Waals surface area contributed by atoms with E-state index in [9.17, 15) is 9.59 Å². The van der Waals surface area contributed by atoms with Crippen molar-refractivity contribution in [3.8, 4) is 5.75 Å². The van der Waals surface area contributed by atoms with Crippen molar-refractivity contribution in [1.29, 1.82) is 0 Å². The molecule has 1 unspecified atom stereocenters. The maximum Gasteiger partial charge on any atom is 0.349 e. The Morgan fingerprint density at radius 1 is 1.27 bits per heavy atom. The van der Waals surface area contributed by atoms with Gasteiger partial charge in [0.15, 0.2) is 0 Å². The number of rotatable bonds is 9. The summed E-state index contributed by atoms with van der Waals surface area (Å²) in [6.45, 7) is 4.03. The van der Waals surface area contributed by atoms with Gasteiger partial charge >= 0.3 is 11.9 Å². The third-order valence-corrected chi connectivity index (χ3v) is 4.14. The monoisotopic (exact) mass is 445 g/mol. The summed E-state index contributed by atoms with van der Waals surface area (Å²) in [5.41, 5.74) is 3.28. The van der Waals surface area contributed by atoms with E-state index >= 15 is 0 Å². The number of ether oxygens (including phenoxy) is 2. The maximum absolute atomic E-state index is 11.6. The molecule has 0 heterocycles. The second kappa shape index (κ2) is 11.7.